The van der Waals surface area contributed by atoms with Crippen LogP contribution >= 0.6 is 0 Å². The van der Waals surface area contributed by atoms with Crippen molar-refractivity contribution in [3.63, 3.8) is 0 Å². The van der Waals surface area contributed by atoms with Gasteiger partial charge in [0.15, 0.2) is 0 Å². The van der Waals surface area contributed by atoms with E-state index >= 15 is 0 Å². The van der Waals surface area contributed by atoms with E-state index in [-0.39, 0.29) is 0 Å². The molecule has 2 aromatic carbocycles. The summed E-state index contributed by atoms with van der Waals surface area (Å²) < 4.78 is 12.2. The maximum Gasteiger partial charge on any atom is 0.330 e. The summed E-state index contributed by atoms with van der Waals surface area (Å²) in [5.74, 6) is 0. The first kappa shape index (κ1) is 17.1. The van der Waals surface area contributed by atoms with E-state index in [1.807, 2.05) is 32.0 Å². The van der Waals surface area contributed by atoms with Crippen LogP contribution < -0.4 is 5.59 Å². The molecular formula is C21H22BNO3. The number of pyridine rings is 1. The number of hydrogen-bond donors (Lipinski definition) is 1. The Morgan fingerprint density at radius 3 is 2.54 bits per heavy atom. The van der Waals surface area contributed by atoms with Crippen molar-refractivity contribution < 1.29 is 14.2 Å². The highest BCUT2D eigenvalue weighted by Gasteiger charge is 2.36. The Balaban J connectivity index is 1.85. The van der Waals surface area contributed by atoms with Crippen molar-refractivity contribution in [2.24, 2.45) is 0 Å². The average molecular weight is 347 g/mol. The normalized spacial score (nSPS) is 13.0. The van der Waals surface area contributed by atoms with Gasteiger partial charge in [0.25, 0.3) is 0 Å². The molecule has 0 spiro atoms. The number of benzene rings is 2. The lowest BCUT2D eigenvalue weighted by molar-refractivity contribution is -0.0893. The molecule has 1 N–H and O–H groups in total. The maximum atomic E-state index is 10.3. The van der Waals surface area contributed by atoms with E-state index in [1.54, 1.807) is 20.0 Å². The van der Waals surface area contributed by atoms with Gasteiger partial charge in [0.05, 0.1) is 11.2 Å². The Kier molecular flexibility index (Phi) is 3.83. The topological polar surface area (TPSA) is 55.5 Å². The van der Waals surface area contributed by atoms with E-state index in [1.165, 1.54) is 0 Å². The molecule has 5 heteroatoms. The number of hydrogen-bond acceptors (Lipinski definition) is 4. The molecule has 0 aliphatic carbocycles. The van der Waals surface area contributed by atoms with Crippen LogP contribution in [0.25, 0.3) is 32.7 Å². The van der Waals surface area contributed by atoms with Gasteiger partial charge in [-0.25, -0.2) is 0 Å². The molecule has 0 radical (unpaired) electrons. The van der Waals surface area contributed by atoms with Crippen molar-refractivity contribution in [3.05, 3.63) is 48.7 Å². The number of fused-ring (bicyclic) bond motifs is 5. The summed E-state index contributed by atoms with van der Waals surface area (Å²) in [6, 6.07) is 14.3. The van der Waals surface area contributed by atoms with Gasteiger partial charge < -0.3 is 14.2 Å². The molecule has 2 aromatic heterocycles. The van der Waals surface area contributed by atoms with E-state index in [0.717, 1.165) is 38.3 Å². The standard InChI is InChI=1S/C21H22BNO3/c1-20(2,24)21(3,4)26-22-19-17-15-10-9-13-7-5-6-8-14(13)18(15)25-16(17)11-12-23-19/h5-12,22,24H,1-4H3. The van der Waals surface area contributed by atoms with Gasteiger partial charge in [-0.05, 0) is 45.2 Å². The Bertz CT molecular complexity index is 1110. The number of rotatable bonds is 4. The largest absolute Gasteiger partial charge is 0.455 e. The van der Waals surface area contributed by atoms with E-state index in [0.29, 0.717) is 7.48 Å². The Labute approximate surface area is 153 Å². The zero-order chi connectivity index (χ0) is 18.5. The van der Waals surface area contributed by atoms with Gasteiger partial charge in [0.1, 0.15) is 11.2 Å². The van der Waals surface area contributed by atoms with Gasteiger partial charge in [-0.3, -0.25) is 4.98 Å². The molecule has 132 valence electrons. The van der Waals surface area contributed by atoms with E-state index in [2.05, 4.69) is 29.2 Å². The van der Waals surface area contributed by atoms with Crippen LogP contribution in [-0.2, 0) is 4.65 Å². The predicted octanol–water partition coefficient (Wildman–Crippen LogP) is 3.68. The van der Waals surface area contributed by atoms with Crippen molar-refractivity contribution in [1.29, 1.82) is 0 Å². The van der Waals surface area contributed by atoms with E-state index < -0.39 is 11.2 Å². The smallest absolute Gasteiger partial charge is 0.330 e. The first-order chi connectivity index (χ1) is 12.3. The van der Waals surface area contributed by atoms with Gasteiger partial charge in [0.2, 0.25) is 0 Å². The zero-order valence-electron chi connectivity index (χ0n) is 15.5. The summed E-state index contributed by atoms with van der Waals surface area (Å²) in [6.07, 6.45) is 1.74. The summed E-state index contributed by atoms with van der Waals surface area (Å²) in [6.45, 7) is 7.27. The molecule has 0 aliphatic heterocycles. The fourth-order valence-electron chi connectivity index (χ4n) is 3.05. The van der Waals surface area contributed by atoms with Crippen LogP contribution in [0.15, 0.2) is 53.1 Å². The minimum absolute atomic E-state index is 0.301. The molecule has 2 heterocycles. The first-order valence-corrected chi connectivity index (χ1v) is 8.82. The molecule has 26 heavy (non-hydrogen) atoms. The van der Waals surface area contributed by atoms with Crippen molar-refractivity contribution in [2.45, 2.75) is 38.9 Å². The fourth-order valence-corrected chi connectivity index (χ4v) is 3.05. The Morgan fingerprint density at radius 1 is 1.00 bits per heavy atom. The third-order valence-electron chi connectivity index (χ3n) is 5.40. The molecule has 4 aromatic rings. The van der Waals surface area contributed by atoms with Crippen LogP contribution in [0.1, 0.15) is 27.7 Å². The Hall–Kier alpha value is -2.37. The summed E-state index contributed by atoms with van der Waals surface area (Å²) in [4.78, 5) is 4.53. The highest BCUT2D eigenvalue weighted by Crippen LogP contribution is 2.33. The third kappa shape index (κ3) is 2.68. The lowest BCUT2D eigenvalue weighted by atomic mass is 9.83. The molecule has 0 aliphatic rings. The summed E-state index contributed by atoms with van der Waals surface area (Å²) in [7, 11) is 0.301. The van der Waals surface area contributed by atoms with Crippen molar-refractivity contribution >= 4 is 45.8 Å². The number of nitrogens with zero attached hydrogens (tertiary/aromatic N) is 1. The zero-order valence-corrected chi connectivity index (χ0v) is 15.5. The maximum absolute atomic E-state index is 10.3. The van der Waals surface area contributed by atoms with Crippen molar-refractivity contribution in [2.75, 3.05) is 0 Å². The van der Waals surface area contributed by atoms with Crippen LogP contribution in [0.2, 0.25) is 0 Å². The number of aliphatic hydroxyl groups is 1. The van der Waals surface area contributed by atoms with Crippen LogP contribution in [-0.4, -0.2) is 28.8 Å². The first-order valence-electron chi connectivity index (χ1n) is 8.82. The number of aromatic nitrogens is 1. The van der Waals surface area contributed by atoms with Gasteiger partial charge in [-0.15, -0.1) is 0 Å². The summed E-state index contributed by atoms with van der Waals surface area (Å²) >= 11 is 0. The second-order valence-electron chi connectivity index (χ2n) is 7.75. The monoisotopic (exact) mass is 347 g/mol. The molecule has 4 nitrogen and oxygen atoms in total. The van der Waals surface area contributed by atoms with Crippen molar-refractivity contribution in [3.8, 4) is 0 Å². The minimum atomic E-state index is -0.963. The second-order valence-corrected chi connectivity index (χ2v) is 7.75. The lowest BCUT2D eigenvalue weighted by Gasteiger charge is -2.37. The highest BCUT2D eigenvalue weighted by molar-refractivity contribution is 6.51. The van der Waals surface area contributed by atoms with Gasteiger partial charge in [-0.2, -0.15) is 0 Å². The average Bonchev–Trinajstić information content (AvgIpc) is 2.98. The van der Waals surface area contributed by atoms with Gasteiger partial charge >= 0.3 is 7.48 Å². The quantitative estimate of drug-likeness (QED) is 0.572. The molecule has 0 atom stereocenters. The summed E-state index contributed by atoms with van der Waals surface area (Å²) in [5, 5.41) is 14.6. The van der Waals surface area contributed by atoms with Crippen molar-refractivity contribution in [1.82, 2.24) is 4.98 Å². The fraction of sp³-hybridized carbons (Fsp3) is 0.286. The van der Waals surface area contributed by atoms with Gasteiger partial charge in [-0.1, -0.05) is 30.3 Å². The Morgan fingerprint density at radius 2 is 1.77 bits per heavy atom. The molecule has 0 fully saturated rings. The minimum Gasteiger partial charge on any atom is -0.455 e. The molecule has 4 rings (SSSR count). The van der Waals surface area contributed by atoms with Crippen LogP contribution in [0.4, 0.5) is 0 Å². The molecule has 0 unspecified atom stereocenters. The second kappa shape index (κ2) is 5.83. The van der Waals surface area contributed by atoms with E-state index in [9.17, 15) is 5.11 Å². The van der Waals surface area contributed by atoms with Crippen LogP contribution in [0.5, 0.6) is 0 Å². The number of furan rings is 1. The predicted molar refractivity (Wildman–Crippen MR) is 107 cm³/mol. The molecule has 0 saturated carbocycles. The molecule has 0 saturated heterocycles. The van der Waals surface area contributed by atoms with Crippen LogP contribution in [0.3, 0.4) is 0 Å². The van der Waals surface area contributed by atoms with Gasteiger partial charge in [0, 0.05) is 27.9 Å². The van der Waals surface area contributed by atoms with E-state index in [4.69, 9.17) is 9.07 Å². The summed E-state index contributed by atoms with van der Waals surface area (Å²) in [5.41, 5.74) is 0.813. The highest BCUT2D eigenvalue weighted by atomic mass is 16.5. The third-order valence-corrected chi connectivity index (χ3v) is 5.40. The molecule has 0 amide bonds. The molecular weight excluding hydrogens is 325 g/mol. The lowest BCUT2D eigenvalue weighted by Crippen LogP contribution is -2.49. The van der Waals surface area contributed by atoms with Crippen LogP contribution in [0, 0.1) is 0 Å². The SMILES string of the molecule is CC(C)(O)C(C)(C)OBc1nccc2oc3c4ccccc4ccc3c12. The molecule has 0 bridgehead atoms.